The molecule has 302 valence electrons. The van der Waals surface area contributed by atoms with Crippen LogP contribution < -0.4 is 20.7 Å². The number of benzene rings is 2. The van der Waals surface area contributed by atoms with E-state index in [0.717, 1.165) is 11.6 Å². The fraction of sp³-hybridized carbons (Fsp3) is 0.561. The van der Waals surface area contributed by atoms with Crippen LogP contribution in [-0.2, 0) is 19.1 Å². The third-order valence-electron chi connectivity index (χ3n) is 12.9. The van der Waals surface area contributed by atoms with Gasteiger partial charge in [-0.1, -0.05) is 30.7 Å². The Hall–Kier alpha value is -4.53. The summed E-state index contributed by atoms with van der Waals surface area (Å²) in [6, 6.07) is 4.78. The molecule has 3 amide bonds. The fourth-order valence-electron chi connectivity index (χ4n) is 9.21. The summed E-state index contributed by atoms with van der Waals surface area (Å²) < 4.78 is 82.5. The number of alkyl halides is 4. The molecule has 5 unspecified atom stereocenters. The first kappa shape index (κ1) is 39.7. The second-order valence-electron chi connectivity index (χ2n) is 16.4. The molecule has 4 saturated carbocycles. The first-order valence-corrected chi connectivity index (χ1v) is 19.1. The van der Waals surface area contributed by atoms with E-state index < -0.39 is 82.6 Å². The van der Waals surface area contributed by atoms with Crippen molar-refractivity contribution in [2.45, 2.75) is 88.8 Å². The van der Waals surface area contributed by atoms with Gasteiger partial charge in [0.15, 0.2) is 6.04 Å². The van der Waals surface area contributed by atoms with Crippen LogP contribution in [0.5, 0.6) is 5.75 Å². The minimum atomic E-state index is -2.93. The minimum Gasteiger partial charge on any atom is -0.496 e. The molecule has 10 nitrogen and oxygen atoms in total. The molecule has 56 heavy (non-hydrogen) atoms. The van der Waals surface area contributed by atoms with Gasteiger partial charge in [0, 0.05) is 62.0 Å². The lowest BCUT2D eigenvalue weighted by molar-refractivity contribution is -0.143. The van der Waals surface area contributed by atoms with E-state index in [9.17, 15) is 41.8 Å². The molecule has 5 aliphatic rings. The van der Waals surface area contributed by atoms with Gasteiger partial charge in [-0.3, -0.25) is 14.4 Å². The topological polar surface area (TPSA) is 143 Å². The van der Waals surface area contributed by atoms with Gasteiger partial charge in [-0.2, -0.15) is 0 Å². The van der Waals surface area contributed by atoms with Crippen LogP contribution >= 0.6 is 0 Å². The molecule has 1 saturated heterocycles. The third kappa shape index (κ3) is 7.38. The number of hydrogen-bond acceptors (Lipinski definition) is 6. The maximum absolute atomic E-state index is 15.5. The van der Waals surface area contributed by atoms with Crippen LogP contribution in [0.1, 0.15) is 80.8 Å². The highest BCUT2D eigenvalue weighted by Crippen LogP contribution is 2.62. The Morgan fingerprint density at radius 3 is 2.25 bits per heavy atom. The Bertz CT molecular complexity index is 1940. The highest BCUT2D eigenvalue weighted by molar-refractivity contribution is 5.99. The smallest absolute Gasteiger partial charge is 0.330 e. The van der Waals surface area contributed by atoms with E-state index in [1.807, 2.05) is 0 Å². The number of fused-ring (bicyclic) bond motifs is 2. The van der Waals surface area contributed by atoms with Gasteiger partial charge < -0.3 is 30.5 Å². The predicted molar refractivity (Wildman–Crippen MR) is 192 cm³/mol. The molecule has 4 N–H and O–H groups in total. The molecular weight excluding hydrogens is 741 g/mol. The van der Waals surface area contributed by atoms with Crippen LogP contribution in [0, 0.1) is 40.8 Å². The number of carbonyl (C=O) groups is 4. The minimum absolute atomic E-state index is 0.0259. The number of halogens is 5. The average Bonchev–Trinajstić information content (AvgIpc) is 3.36. The van der Waals surface area contributed by atoms with Crippen LogP contribution in [0.2, 0.25) is 0 Å². The SMILES string of the molecule is COc1ccc(-c2cc(C(NC(=O)C3CCOCC3)C(=O)O)ccc2F)cc1C(=O)NC1C2CCC(C2=CC2CC(F)(F)C2)[C@@H]1C(=O)N[C@H](C)C1(C)CC1(F)F. The number of carboxylic acids is 1. The van der Waals surface area contributed by atoms with Crippen molar-refractivity contribution in [3.8, 4) is 16.9 Å². The summed E-state index contributed by atoms with van der Waals surface area (Å²) in [6.45, 7) is 3.68. The summed E-state index contributed by atoms with van der Waals surface area (Å²) in [4.78, 5) is 53.5. The first-order chi connectivity index (χ1) is 26.4. The predicted octanol–water partition coefficient (Wildman–Crippen LogP) is 6.45. The molecule has 4 aliphatic carbocycles. The molecule has 15 heteroatoms. The lowest BCUT2D eigenvalue weighted by Crippen LogP contribution is -2.52. The lowest BCUT2D eigenvalue weighted by atomic mass is 9.79. The summed E-state index contributed by atoms with van der Waals surface area (Å²) in [6.07, 6.45) is 2.81. The van der Waals surface area contributed by atoms with Gasteiger partial charge in [-0.25, -0.2) is 26.7 Å². The van der Waals surface area contributed by atoms with Gasteiger partial charge in [0.25, 0.3) is 11.8 Å². The summed E-state index contributed by atoms with van der Waals surface area (Å²) in [5, 5.41) is 18.4. The van der Waals surface area contributed by atoms with Crippen LogP contribution in [0.3, 0.4) is 0 Å². The van der Waals surface area contributed by atoms with E-state index in [0.29, 0.717) is 38.9 Å². The zero-order chi connectivity index (χ0) is 40.3. The van der Waals surface area contributed by atoms with Crippen molar-refractivity contribution >= 4 is 23.7 Å². The third-order valence-corrected chi connectivity index (χ3v) is 12.9. The van der Waals surface area contributed by atoms with E-state index >= 15 is 4.39 Å². The number of carboxylic acid groups (broad SMARTS) is 1. The molecule has 0 aromatic heterocycles. The van der Waals surface area contributed by atoms with E-state index in [2.05, 4.69) is 16.0 Å². The normalized spacial score (nSPS) is 29.5. The van der Waals surface area contributed by atoms with Crippen LogP contribution in [0.4, 0.5) is 22.0 Å². The molecule has 2 aromatic carbocycles. The van der Waals surface area contributed by atoms with Crippen LogP contribution in [0.25, 0.3) is 11.1 Å². The van der Waals surface area contributed by atoms with Crippen molar-refractivity contribution < 1.29 is 55.7 Å². The van der Waals surface area contributed by atoms with E-state index in [4.69, 9.17) is 9.47 Å². The molecule has 1 aliphatic heterocycles. The summed E-state index contributed by atoms with van der Waals surface area (Å²) >= 11 is 0. The molecule has 0 spiro atoms. The van der Waals surface area contributed by atoms with Crippen molar-refractivity contribution in [1.82, 2.24) is 16.0 Å². The van der Waals surface area contributed by atoms with Crippen molar-refractivity contribution in [2.75, 3.05) is 20.3 Å². The zero-order valence-corrected chi connectivity index (χ0v) is 31.3. The standard InChI is InChI=1S/C41H46F5N3O7/c1-20(39(2)19-41(39,45)46)47-37(52)32-25-6-7-26(28(25)14-21-17-40(43,44)18-21)34(32)49-36(51)29-15-23(5-9-31(29)55-3)27-16-24(4-8-30(27)42)33(38(53)54)48-35(50)22-10-12-56-13-11-22/h4-5,8-9,14-16,20-22,25-26,32-34H,6-7,10-13,17-19H2,1-3H3,(H,47,52)(H,48,50)(H,49,51)(H,53,54)/t20-,25?,26?,32+,33?,34?,39?/m1/s1. The molecule has 2 aromatic rings. The Labute approximate surface area is 320 Å². The quantitative estimate of drug-likeness (QED) is 0.143. The Kier molecular flexibility index (Phi) is 10.5. The molecular formula is C41H46F5N3O7. The van der Waals surface area contributed by atoms with Crippen molar-refractivity contribution in [1.29, 1.82) is 0 Å². The number of hydrogen-bond donors (Lipinski definition) is 4. The van der Waals surface area contributed by atoms with E-state index in [-0.39, 0.29) is 59.1 Å². The monoisotopic (exact) mass is 787 g/mol. The van der Waals surface area contributed by atoms with Crippen molar-refractivity contribution in [2.24, 2.45) is 35.0 Å². The Balaban J connectivity index is 1.16. The largest absolute Gasteiger partial charge is 0.496 e. The summed E-state index contributed by atoms with van der Waals surface area (Å²) in [5.41, 5.74) is -0.398. The second-order valence-corrected chi connectivity index (χ2v) is 16.4. The number of carbonyl (C=O) groups excluding carboxylic acids is 3. The van der Waals surface area contributed by atoms with E-state index in [1.165, 1.54) is 51.3 Å². The number of methoxy groups -OCH3 is 1. The molecule has 7 atom stereocenters. The van der Waals surface area contributed by atoms with Crippen molar-refractivity contribution in [3.05, 3.63) is 65.0 Å². The van der Waals surface area contributed by atoms with Gasteiger partial charge in [0.2, 0.25) is 17.7 Å². The Morgan fingerprint density at radius 1 is 0.946 bits per heavy atom. The molecule has 0 radical (unpaired) electrons. The van der Waals surface area contributed by atoms with Gasteiger partial charge in [-0.05, 0) is 79.8 Å². The Morgan fingerprint density at radius 2 is 1.62 bits per heavy atom. The maximum Gasteiger partial charge on any atom is 0.330 e. The van der Waals surface area contributed by atoms with Crippen LogP contribution in [-0.4, -0.2) is 73.0 Å². The number of amides is 3. The van der Waals surface area contributed by atoms with Gasteiger partial charge in [-0.15, -0.1) is 0 Å². The zero-order valence-electron chi connectivity index (χ0n) is 31.3. The second kappa shape index (κ2) is 14.8. The molecule has 5 fully saturated rings. The number of ether oxygens (including phenoxy) is 2. The number of allylic oxidation sites excluding steroid dienone is 1. The highest BCUT2D eigenvalue weighted by atomic mass is 19.3. The lowest BCUT2D eigenvalue weighted by Gasteiger charge is -2.33. The average molecular weight is 788 g/mol. The van der Waals surface area contributed by atoms with Gasteiger partial charge >= 0.3 is 5.97 Å². The highest BCUT2D eigenvalue weighted by Gasteiger charge is 2.70. The number of aliphatic carboxylic acids is 1. The van der Waals surface area contributed by atoms with Crippen molar-refractivity contribution in [3.63, 3.8) is 0 Å². The number of rotatable bonds is 12. The van der Waals surface area contributed by atoms with E-state index in [1.54, 1.807) is 6.08 Å². The molecule has 2 bridgehead atoms. The molecule has 1 heterocycles. The van der Waals surface area contributed by atoms with Gasteiger partial charge in [0.05, 0.1) is 24.0 Å². The van der Waals surface area contributed by atoms with Crippen LogP contribution in [0.15, 0.2) is 48.0 Å². The number of nitrogens with one attached hydrogen (secondary N) is 3. The fourth-order valence-corrected chi connectivity index (χ4v) is 9.21. The molecule has 7 rings (SSSR count). The first-order valence-electron chi connectivity index (χ1n) is 19.1. The maximum atomic E-state index is 15.5. The summed E-state index contributed by atoms with van der Waals surface area (Å²) in [7, 11) is 1.34. The summed E-state index contributed by atoms with van der Waals surface area (Å²) in [5.74, 6) is -11.7. The van der Waals surface area contributed by atoms with Gasteiger partial charge in [0.1, 0.15) is 11.6 Å².